The molecule has 0 aliphatic carbocycles. The minimum atomic E-state index is -1.09. The molecule has 0 aliphatic heterocycles. The van der Waals surface area contributed by atoms with Crippen molar-refractivity contribution in [1.82, 2.24) is 0 Å². The van der Waals surface area contributed by atoms with Crippen molar-refractivity contribution in [1.29, 1.82) is 0 Å². The first kappa shape index (κ1) is 26.0. The number of aliphatic hydroxyl groups excluding tert-OH is 1. The van der Waals surface area contributed by atoms with E-state index in [1.165, 1.54) is 6.92 Å². The number of aliphatic hydroxyl groups is 1. The van der Waals surface area contributed by atoms with E-state index in [4.69, 9.17) is 9.47 Å². The van der Waals surface area contributed by atoms with E-state index in [2.05, 4.69) is 22.9 Å². The first-order chi connectivity index (χ1) is 14.3. The minimum absolute atomic E-state index is 0.0108. The summed E-state index contributed by atoms with van der Waals surface area (Å²) in [5.41, 5.74) is 3.65. The van der Waals surface area contributed by atoms with Crippen LogP contribution in [0, 0.1) is 17.3 Å². The number of benzene rings is 1. The topological polar surface area (TPSA) is 84.9 Å². The molecule has 2 N–H and O–H groups in total. The molecule has 0 saturated heterocycles. The minimum Gasteiger partial charge on any atom is -0.465 e. The van der Waals surface area contributed by atoms with E-state index in [-0.39, 0.29) is 6.61 Å². The third-order valence-corrected chi connectivity index (χ3v) is 4.13. The van der Waals surface area contributed by atoms with Crippen LogP contribution in [0.4, 0.5) is 10.5 Å². The Morgan fingerprint density at radius 3 is 2.39 bits per heavy atom. The SMILES string of the molecule is CC(=O)OC[C@](C)(CC=C=C(C)C)[C@@H](O)C#Cc1ccccc1NC(=O)OC(C)(C)C. The molecule has 1 rings (SSSR count). The normalized spacial score (nSPS) is 13.4. The Balaban J connectivity index is 3.12. The van der Waals surface area contributed by atoms with Crippen LogP contribution in [0.15, 0.2) is 41.6 Å². The zero-order valence-corrected chi connectivity index (χ0v) is 19.5. The number of anilines is 1. The maximum absolute atomic E-state index is 12.1. The molecule has 0 radical (unpaired) electrons. The van der Waals surface area contributed by atoms with Crippen molar-refractivity contribution in [2.45, 2.75) is 66.6 Å². The standard InChI is InChI=1S/C25H33NO5/c1-18(2)11-10-16-25(7,17-30-19(3)27)22(28)15-14-20-12-8-9-13-21(20)26-23(29)31-24(4,5)6/h8-10,12-13,22,28H,16-17H2,1-7H3,(H,26,29)/t22-,25-/m0/s1. The van der Waals surface area contributed by atoms with Gasteiger partial charge in [-0.3, -0.25) is 10.1 Å². The van der Waals surface area contributed by atoms with Crippen LogP contribution >= 0.6 is 0 Å². The summed E-state index contributed by atoms with van der Waals surface area (Å²) in [5.74, 6) is 5.33. The average Bonchev–Trinajstić information content (AvgIpc) is 2.63. The molecule has 31 heavy (non-hydrogen) atoms. The predicted octanol–water partition coefficient (Wildman–Crippen LogP) is 4.83. The lowest BCUT2D eigenvalue weighted by Crippen LogP contribution is -2.36. The predicted molar refractivity (Wildman–Crippen MR) is 121 cm³/mol. The number of hydrogen-bond acceptors (Lipinski definition) is 5. The summed E-state index contributed by atoms with van der Waals surface area (Å²) in [6.07, 6.45) is 0.548. The van der Waals surface area contributed by atoms with Crippen molar-refractivity contribution < 1.29 is 24.2 Å². The summed E-state index contributed by atoms with van der Waals surface area (Å²) >= 11 is 0. The summed E-state index contributed by atoms with van der Waals surface area (Å²) in [6, 6.07) is 6.99. The van der Waals surface area contributed by atoms with Crippen molar-refractivity contribution >= 4 is 17.7 Å². The van der Waals surface area contributed by atoms with Gasteiger partial charge in [0.05, 0.1) is 5.69 Å². The van der Waals surface area contributed by atoms with Crippen LogP contribution in [-0.4, -0.2) is 35.5 Å². The van der Waals surface area contributed by atoms with Crippen molar-refractivity contribution in [2.75, 3.05) is 11.9 Å². The van der Waals surface area contributed by atoms with Gasteiger partial charge in [0, 0.05) is 17.9 Å². The average molecular weight is 428 g/mol. The summed E-state index contributed by atoms with van der Waals surface area (Å²) in [7, 11) is 0. The molecule has 6 nitrogen and oxygen atoms in total. The number of amides is 1. The third kappa shape index (κ3) is 10.0. The molecule has 0 heterocycles. The monoisotopic (exact) mass is 427 g/mol. The van der Waals surface area contributed by atoms with Gasteiger partial charge in [0.25, 0.3) is 0 Å². The summed E-state index contributed by atoms with van der Waals surface area (Å²) < 4.78 is 10.5. The number of allylic oxidation sites excluding steroid dienone is 1. The van der Waals surface area contributed by atoms with E-state index < -0.39 is 29.2 Å². The van der Waals surface area contributed by atoms with Crippen LogP contribution in [0.25, 0.3) is 0 Å². The van der Waals surface area contributed by atoms with E-state index >= 15 is 0 Å². The van der Waals surface area contributed by atoms with Crippen LogP contribution in [0.3, 0.4) is 0 Å². The maximum atomic E-state index is 12.1. The van der Waals surface area contributed by atoms with Crippen LogP contribution in [0.2, 0.25) is 0 Å². The Hall–Kier alpha value is -3.00. The Morgan fingerprint density at radius 1 is 1.16 bits per heavy atom. The summed E-state index contributed by atoms with van der Waals surface area (Å²) in [6.45, 7) is 12.3. The van der Waals surface area contributed by atoms with Gasteiger partial charge in [-0.1, -0.05) is 30.9 Å². The number of para-hydroxylation sites is 1. The van der Waals surface area contributed by atoms with E-state index in [0.717, 1.165) is 5.57 Å². The van der Waals surface area contributed by atoms with E-state index in [1.807, 2.05) is 19.9 Å². The highest BCUT2D eigenvalue weighted by molar-refractivity contribution is 5.86. The molecule has 1 aromatic carbocycles. The molecule has 0 aliphatic rings. The second-order valence-electron chi connectivity index (χ2n) is 8.83. The first-order valence-electron chi connectivity index (χ1n) is 10.1. The molecule has 1 amide bonds. The molecule has 6 heteroatoms. The Bertz CT molecular complexity index is 906. The van der Waals surface area contributed by atoms with Crippen LogP contribution < -0.4 is 5.32 Å². The zero-order valence-electron chi connectivity index (χ0n) is 19.5. The number of rotatable bonds is 6. The van der Waals surface area contributed by atoms with Crippen LogP contribution in [0.1, 0.15) is 60.5 Å². The second kappa shape index (κ2) is 11.4. The van der Waals surface area contributed by atoms with E-state index in [1.54, 1.807) is 52.0 Å². The number of ether oxygens (including phenoxy) is 2. The van der Waals surface area contributed by atoms with Gasteiger partial charge < -0.3 is 14.6 Å². The maximum Gasteiger partial charge on any atom is 0.412 e. The zero-order chi connectivity index (χ0) is 23.7. The molecule has 168 valence electrons. The highest BCUT2D eigenvalue weighted by Crippen LogP contribution is 2.28. The van der Waals surface area contributed by atoms with Gasteiger partial charge in [0.1, 0.15) is 18.3 Å². The lowest BCUT2D eigenvalue weighted by molar-refractivity contribution is -0.146. The lowest BCUT2D eigenvalue weighted by atomic mass is 9.81. The van der Waals surface area contributed by atoms with Crippen LogP contribution in [0.5, 0.6) is 0 Å². The number of carbonyl (C=O) groups excluding carboxylic acids is 2. The Morgan fingerprint density at radius 2 is 1.81 bits per heavy atom. The van der Waals surface area contributed by atoms with Crippen molar-refractivity contribution in [3.8, 4) is 11.8 Å². The highest BCUT2D eigenvalue weighted by atomic mass is 16.6. The van der Waals surface area contributed by atoms with Crippen molar-refractivity contribution in [2.24, 2.45) is 5.41 Å². The fraction of sp³-hybridized carbons (Fsp3) is 0.480. The quantitative estimate of drug-likeness (QED) is 0.386. The first-order valence-corrected chi connectivity index (χ1v) is 10.1. The molecular weight excluding hydrogens is 394 g/mol. The fourth-order valence-electron chi connectivity index (χ4n) is 2.44. The molecule has 0 aromatic heterocycles. The lowest BCUT2D eigenvalue weighted by Gasteiger charge is -2.29. The number of esters is 1. The largest absolute Gasteiger partial charge is 0.465 e. The van der Waals surface area contributed by atoms with Gasteiger partial charge in [0.15, 0.2) is 0 Å². The summed E-state index contributed by atoms with van der Waals surface area (Å²) in [5, 5.41) is 13.5. The van der Waals surface area contributed by atoms with Crippen LogP contribution in [-0.2, 0) is 14.3 Å². The third-order valence-electron chi connectivity index (χ3n) is 4.13. The van der Waals surface area contributed by atoms with Gasteiger partial charge in [-0.15, -0.1) is 5.73 Å². The fourth-order valence-corrected chi connectivity index (χ4v) is 2.44. The Kier molecular flexibility index (Phi) is 9.58. The van der Waals surface area contributed by atoms with E-state index in [9.17, 15) is 14.7 Å². The highest BCUT2D eigenvalue weighted by Gasteiger charge is 2.32. The molecule has 2 atom stereocenters. The van der Waals surface area contributed by atoms with Gasteiger partial charge in [-0.25, -0.2) is 4.79 Å². The number of carbonyl (C=O) groups is 2. The number of nitrogens with one attached hydrogen (secondary N) is 1. The Labute approximate surface area is 185 Å². The van der Waals surface area contributed by atoms with E-state index in [0.29, 0.717) is 17.7 Å². The van der Waals surface area contributed by atoms with Gasteiger partial charge in [-0.05, 0) is 64.8 Å². The molecule has 0 bridgehead atoms. The van der Waals surface area contributed by atoms with Crippen molar-refractivity contribution in [3.05, 3.63) is 47.2 Å². The van der Waals surface area contributed by atoms with Gasteiger partial charge in [-0.2, -0.15) is 0 Å². The van der Waals surface area contributed by atoms with Gasteiger partial charge in [0.2, 0.25) is 0 Å². The molecular formula is C25H33NO5. The number of hydrogen-bond donors (Lipinski definition) is 2. The van der Waals surface area contributed by atoms with Crippen molar-refractivity contribution in [3.63, 3.8) is 0 Å². The molecule has 0 saturated carbocycles. The second-order valence-corrected chi connectivity index (χ2v) is 8.83. The summed E-state index contributed by atoms with van der Waals surface area (Å²) in [4.78, 5) is 23.4. The molecule has 0 fully saturated rings. The molecule has 1 aromatic rings. The van der Waals surface area contributed by atoms with Gasteiger partial charge >= 0.3 is 12.1 Å². The smallest absolute Gasteiger partial charge is 0.412 e. The molecule has 0 spiro atoms. The molecule has 0 unspecified atom stereocenters.